The molecule has 0 radical (unpaired) electrons. The standard InChI is InChI=1S/C16H10Br4O6/c1-23-13-9(17)3-7(4-10(13)18)15(21)25-26-16(22)8-5-11(19)14(24-2)12(20)6-8/h3-6H,1-2H3. The van der Waals surface area contributed by atoms with E-state index in [0.29, 0.717) is 29.4 Å². The van der Waals surface area contributed by atoms with Gasteiger partial charge in [-0.25, -0.2) is 19.4 Å². The van der Waals surface area contributed by atoms with Crippen molar-refractivity contribution in [2.24, 2.45) is 0 Å². The van der Waals surface area contributed by atoms with Crippen LogP contribution in [0.25, 0.3) is 0 Å². The lowest BCUT2D eigenvalue weighted by Crippen LogP contribution is -2.12. The first-order chi connectivity index (χ1) is 12.3. The van der Waals surface area contributed by atoms with E-state index in [2.05, 4.69) is 73.5 Å². The topological polar surface area (TPSA) is 71.1 Å². The zero-order chi connectivity index (χ0) is 19.4. The molecule has 0 aliphatic carbocycles. The van der Waals surface area contributed by atoms with Crippen LogP contribution in [-0.4, -0.2) is 26.2 Å². The number of rotatable bonds is 4. The molecule has 0 N–H and O–H groups in total. The summed E-state index contributed by atoms with van der Waals surface area (Å²) in [6.45, 7) is 0. The highest BCUT2D eigenvalue weighted by atomic mass is 79.9. The Morgan fingerprint density at radius 3 is 1.15 bits per heavy atom. The number of methoxy groups -OCH3 is 2. The van der Waals surface area contributed by atoms with Gasteiger partial charge in [-0.2, -0.15) is 0 Å². The Morgan fingerprint density at radius 1 is 0.654 bits per heavy atom. The van der Waals surface area contributed by atoms with E-state index in [1.54, 1.807) is 0 Å². The molecule has 0 bridgehead atoms. The molecule has 0 atom stereocenters. The summed E-state index contributed by atoms with van der Waals surface area (Å²) in [5.74, 6) is -0.638. The van der Waals surface area contributed by atoms with E-state index in [1.807, 2.05) is 0 Å². The quantitative estimate of drug-likeness (QED) is 0.325. The van der Waals surface area contributed by atoms with Crippen molar-refractivity contribution in [3.05, 3.63) is 53.3 Å². The summed E-state index contributed by atoms with van der Waals surface area (Å²) in [6.07, 6.45) is 0. The first kappa shape index (κ1) is 21.2. The van der Waals surface area contributed by atoms with Crippen LogP contribution in [0.3, 0.4) is 0 Å². The van der Waals surface area contributed by atoms with Crippen LogP contribution in [0.1, 0.15) is 20.7 Å². The van der Waals surface area contributed by atoms with Crippen molar-refractivity contribution in [3.8, 4) is 11.5 Å². The summed E-state index contributed by atoms with van der Waals surface area (Å²) in [6, 6.07) is 5.95. The lowest BCUT2D eigenvalue weighted by atomic mass is 10.2. The maximum Gasteiger partial charge on any atom is 0.386 e. The van der Waals surface area contributed by atoms with Crippen LogP contribution >= 0.6 is 63.7 Å². The number of hydrogen-bond donors (Lipinski definition) is 0. The fraction of sp³-hybridized carbons (Fsp3) is 0.125. The Balaban J connectivity index is 2.11. The molecule has 0 unspecified atom stereocenters. The van der Waals surface area contributed by atoms with E-state index >= 15 is 0 Å². The van der Waals surface area contributed by atoms with Gasteiger partial charge in [0.25, 0.3) is 0 Å². The van der Waals surface area contributed by atoms with Crippen LogP contribution in [0.4, 0.5) is 0 Å². The van der Waals surface area contributed by atoms with Crippen molar-refractivity contribution in [2.75, 3.05) is 14.2 Å². The monoisotopic (exact) mass is 614 g/mol. The smallest absolute Gasteiger partial charge is 0.386 e. The minimum atomic E-state index is -0.839. The van der Waals surface area contributed by atoms with Gasteiger partial charge in [0.1, 0.15) is 11.5 Å². The van der Waals surface area contributed by atoms with Crippen LogP contribution in [0, 0.1) is 0 Å². The number of ether oxygens (including phenoxy) is 2. The lowest BCUT2D eigenvalue weighted by molar-refractivity contribution is -0.187. The van der Waals surface area contributed by atoms with Gasteiger partial charge in [0.05, 0.1) is 43.2 Å². The first-order valence-electron chi connectivity index (χ1n) is 6.77. The Labute approximate surface area is 182 Å². The van der Waals surface area contributed by atoms with Crippen molar-refractivity contribution in [1.29, 1.82) is 0 Å². The molecule has 0 aliphatic heterocycles. The zero-order valence-electron chi connectivity index (χ0n) is 13.3. The maximum absolute atomic E-state index is 12.1. The molecule has 0 saturated heterocycles. The van der Waals surface area contributed by atoms with Gasteiger partial charge in [-0.15, -0.1) is 0 Å². The molecule has 0 spiro atoms. The average molecular weight is 618 g/mol. The Morgan fingerprint density at radius 2 is 0.923 bits per heavy atom. The summed E-state index contributed by atoms with van der Waals surface area (Å²) in [5, 5.41) is 0. The zero-order valence-corrected chi connectivity index (χ0v) is 19.6. The highest BCUT2D eigenvalue weighted by Crippen LogP contribution is 2.35. The molecule has 2 rings (SSSR count). The Kier molecular flexibility index (Phi) is 7.51. The molecule has 2 aromatic carbocycles. The van der Waals surface area contributed by atoms with Gasteiger partial charge in [-0.1, -0.05) is 0 Å². The molecular formula is C16H10Br4O6. The van der Waals surface area contributed by atoms with E-state index in [-0.39, 0.29) is 11.1 Å². The Hall–Kier alpha value is -1.10. The fourth-order valence-corrected chi connectivity index (χ4v) is 4.94. The van der Waals surface area contributed by atoms with E-state index < -0.39 is 11.9 Å². The fourth-order valence-electron chi connectivity index (χ4n) is 1.92. The summed E-state index contributed by atoms with van der Waals surface area (Å²) in [4.78, 5) is 33.5. The molecule has 0 fully saturated rings. The third-order valence-corrected chi connectivity index (χ3v) is 5.43. The molecule has 0 aromatic heterocycles. The lowest BCUT2D eigenvalue weighted by Gasteiger charge is -2.10. The highest BCUT2D eigenvalue weighted by Gasteiger charge is 2.19. The first-order valence-corrected chi connectivity index (χ1v) is 9.95. The highest BCUT2D eigenvalue weighted by molar-refractivity contribution is 9.11. The normalized spacial score (nSPS) is 10.2. The van der Waals surface area contributed by atoms with Crippen molar-refractivity contribution < 1.29 is 28.8 Å². The molecular weight excluding hydrogens is 608 g/mol. The van der Waals surface area contributed by atoms with Crippen molar-refractivity contribution in [2.45, 2.75) is 0 Å². The molecule has 0 heterocycles. The van der Waals surface area contributed by atoms with Gasteiger partial charge in [0.2, 0.25) is 0 Å². The predicted octanol–water partition coefficient (Wildman–Crippen LogP) is 5.68. The molecule has 26 heavy (non-hydrogen) atoms. The summed E-state index contributed by atoms with van der Waals surface area (Å²) >= 11 is 13.1. The molecule has 10 heteroatoms. The van der Waals surface area contributed by atoms with Crippen LogP contribution < -0.4 is 9.47 Å². The second kappa shape index (κ2) is 9.20. The van der Waals surface area contributed by atoms with E-state index in [0.717, 1.165) is 0 Å². The second-order valence-corrected chi connectivity index (χ2v) is 8.11. The second-order valence-electron chi connectivity index (χ2n) is 4.69. The Bertz CT molecular complexity index is 750. The number of halogens is 4. The van der Waals surface area contributed by atoms with Crippen molar-refractivity contribution in [3.63, 3.8) is 0 Å². The molecule has 0 aliphatic rings. The minimum absolute atomic E-state index is 0.162. The minimum Gasteiger partial charge on any atom is -0.494 e. The van der Waals surface area contributed by atoms with Crippen LogP contribution in [0.15, 0.2) is 42.2 Å². The van der Waals surface area contributed by atoms with Gasteiger partial charge in [0, 0.05) is 0 Å². The summed E-state index contributed by atoms with van der Waals surface area (Å²) < 4.78 is 12.5. The third-order valence-electron chi connectivity index (χ3n) is 3.07. The van der Waals surface area contributed by atoms with E-state index in [9.17, 15) is 9.59 Å². The average Bonchev–Trinajstić information content (AvgIpc) is 2.58. The molecule has 2 aromatic rings. The maximum atomic E-state index is 12.1. The van der Waals surface area contributed by atoms with Gasteiger partial charge < -0.3 is 9.47 Å². The van der Waals surface area contributed by atoms with Crippen LogP contribution in [-0.2, 0) is 9.78 Å². The molecule has 0 saturated carbocycles. The number of carbonyl (C=O) groups is 2. The SMILES string of the molecule is COc1c(Br)cc(C(=O)OOC(=O)c2cc(Br)c(OC)c(Br)c2)cc1Br. The van der Waals surface area contributed by atoms with E-state index in [4.69, 9.17) is 9.47 Å². The summed E-state index contributed by atoms with van der Waals surface area (Å²) in [7, 11) is 2.99. The molecule has 138 valence electrons. The van der Waals surface area contributed by atoms with Crippen LogP contribution in [0.2, 0.25) is 0 Å². The molecule has 6 nitrogen and oxygen atoms in total. The van der Waals surface area contributed by atoms with Crippen molar-refractivity contribution >= 4 is 75.7 Å². The van der Waals surface area contributed by atoms with Gasteiger partial charge in [-0.05, 0) is 88.0 Å². The largest absolute Gasteiger partial charge is 0.494 e. The number of benzene rings is 2. The van der Waals surface area contributed by atoms with E-state index in [1.165, 1.54) is 38.5 Å². The number of hydrogen-bond acceptors (Lipinski definition) is 6. The van der Waals surface area contributed by atoms with Gasteiger partial charge >= 0.3 is 11.9 Å². The van der Waals surface area contributed by atoms with Gasteiger partial charge in [0.15, 0.2) is 0 Å². The van der Waals surface area contributed by atoms with Crippen molar-refractivity contribution in [1.82, 2.24) is 0 Å². The van der Waals surface area contributed by atoms with Crippen LogP contribution in [0.5, 0.6) is 11.5 Å². The number of carbonyl (C=O) groups excluding carboxylic acids is 2. The third kappa shape index (κ3) is 4.79. The van der Waals surface area contributed by atoms with Gasteiger partial charge in [-0.3, -0.25) is 0 Å². The summed E-state index contributed by atoms with van der Waals surface area (Å²) in [5.41, 5.74) is 0.323. The predicted molar refractivity (Wildman–Crippen MR) is 108 cm³/mol. The molecule has 0 amide bonds.